The Kier molecular flexibility index (Phi) is 4.30. The molecule has 0 unspecified atom stereocenters. The fourth-order valence-corrected chi connectivity index (χ4v) is 3.43. The number of aromatic hydroxyl groups is 1. The Balaban J connectivity index is 2.28. The summed E-state index contributed by atoms with van der Waals surface area (Å²) in [5, 5.41) is 15.5. The van der Waals surface area contributed by atoms with E-state index in [9.17, 15) is 5.11 Å². The first-order valence-electron chi connectivity index (χ1n) is 8.62. The predicted molar refractivity (Wildman–Crippen MR) is 100 cm³/mol. The van der Waals surface area contributed by atoms with Crippen molar-refractivity contribution in [2.75, 3.05) is 0 Å². The first kappa shape index (κ1) is 15.9. The zero-order valence-electron chi connectivity index (χ0n) is 14.6. The monoisotopic (exact) mass is 306 g/mol. The van der Waals surface area contributed by atoms with Gasteiger partial charge in [-0.05, 0) is 64.1 Å². The average molecular weight is 306 g/mol. The molecule has 0 bridgehead atoms. The molecular formula is C22H26O. The number of fused-ring (bicyclic) bond motifs is 2. The van der Waals surface area contributed by atoms with Crippen molar-refractivity contribution in [1.29, 1.82) is 0 Å². The molecule has 1 heteroatoms. The molecule has 0 atom stereocenters. The van der Waals surface area contributed by atoms with Crippen LogP contribution in [0.15, 0.2) is 42.5 Å². The van der Waals surface area contributed by atoms with E-state index in [0.717, 1.165) is 29.2 Å². The SMILES string of the molecule is CC(C)Cc1cc2cc3ccccc3cc2c(O)c1CC(C)C. The van der Waals surface area contributed by atoms with Gasteiger partial charge in [0.15, 0.2) is 0 Å². The highest BCUT2D eigenvalue weighted by atomic mass is 16.3. The standard InChI is InChI=1S/C22H26O/c1-14(2)9-18-12-19-11-16-7-5-6-8-17(16)13-21(19)22(23)20(18)10-15(3)4/h5-8,11-15,23H,9-10H2,1-4H3. The third-order valence-electron chi connectivity index (χ3n) is 4.42. The Hall–Kier alpha value is -2.02. The van der Waals surface area contributed by atoms with E-state index < -0.39 is 0 Å². The Morgan fingerprint density at radius 3 is 2.00 bits per heavy atom. The maximum absolute atomic E-state index is 11.0. The van der Waals surface area contributed by atoms with Crippen LogP contribution in [0.5, 0.6) is 5.75 Å². The molecule has 0 saturated heterocycles. The van der Waals surface area contributed by atoms with E-state index in [0.29, 0.717) is 17.6 Å². The van der Waals surface area contributed by atoms with Gasteiger partial charge in [0.25, 0.3) is 0 Å². The molecule has 3 rings (SSSR count). The summed E-state index contributed by atoms with van der Waals surface area (Å²) in [6.45, 7) is 8.90. The van der Waals surface area contributed by atoms with Crippen LogP contribution in [-0.4, -0.2) is 5.11 Å². The molecule has 0 aliphatic heterocycles. The Labute approximate surface area is 139 Å². The molecule has 3 aromatic rings. The fraction of sp³-hybridized carbons (Fsp3) is 0.364. The molecule has 0 aliphatic carbocycles. The summed E-state index contributed by atoms with van der Waals surface area (Å²) in [6, 6.07) is 15.0. The van der Waals surface area contributed by atoms with Gasteiger partial charge in [-0.2, -0.15) is 0 Å². The minimum Gasteiger partial charge on any atom is -0.507 e. The highest BCUT2D eigenvalue weighted by Crippen LogP contribution is 2.36. The van der Waals surface area contributed by atoms with Crippen LogP contribution in [0, 0.1) is 11.8 Å². The van der Waals surface area contributed by atoms with Gasteiger partial charge in [0.1, 0.15) is 5.75 Å². The van der Waals surface area contributed by atoms with E-state index in [4.69, 9.17) is 0 Å². The number of hydrogen-bond donors (Lipinski definition) is 1. The predicted octanol–water partition coefficient (Wildman–Crippen LogP) is 6.10. The van der Waals surface area contributed by atoms with Crippen LogP contribution in [0.1, 0.15) is 38.8 Å². The fourth-order valence-electron chi connectivity index (χ4n) is 3.43. The normalized spacial score (nSPS) is 11.9. The van der Waals surface area contributed by atoms with E-state index in [1.165, 1.54) is 16.3 Å². The maximum Gasteiger partial charge on any atom is 0.126 e. The first-order valence-corrected chi connectivity index (χ1v) is 8.62. The summed E-state index contributed by atoms with van der Waals surface area (Å²) in [6.07, 6.45) is 1.94. The van der Waals surface area contributed by atoms with Crippen molar-refractivity contribution >= 4 is 21.5 Å². The van der Waals surface area contributed by atoms with E-state index in [1.807, 2.05) is 6.07 Å². The molecular weight excluding hydrogens is 280 g/mol. The topological polar surface area (TPSA) is 20.2 Å². The highest BCUT2D eigenvalue weighted by molar-refractivity contribution is 6.01. The molecule has 0 fully saturated rings. The zero-order valence-corrected chi connectivity index (χ0v) is 14.6. The number of benzene rings is 3. The van der Waals surface area contributed by atoms with Gasteiger partial charge in [0.2, 0.25) is 0 Å². The van der Waals surface area contributed by atoms with Crippen LogP contribution >= 0.6 is 0 Å². The lowest BCUT2D eigenvalue weighted by atomic mass is 9.88. The molecule has 0 aromatic heterocycles. The van der Waals surface area contributed by atoms with Gasteiger partial charge in [-0.15, -0.1) is 0 Å². The third kappa shape index (κ3) is 3.19. The van der Waals surface area contributed by atoms with Crippen molar-refractivity contribution in [3.63, 3.8) is 0 Å². The molecule has 0 aliphatic rings. The van der Waals surface area contributed by atoms with Crippen molar-refractivity contribution in [2.24, 2.45) is 11.8 Å². The molecule has 120 valence electrons. The Morgan fingerprint density at radius 2 is 1.39 bits per heavy atom. The smallest absolute Gasteiger partial charge is 0.126 e. The molecule has 0 spiro atoms. The van der Waals surface area contributed by atoms with Crippen LogP contribution in [-0.2, 0) is 12.8 Å². The van der Waals surface area contributed by atoms with Crippen molar-refractivity contribution in [2.45, 2.75) is 40.5 Å². The summed E-state index contributed by atoms with van der Waals surface area (Å²) in [5.41, 5.74) is 2.44. The van der Waals surface area contributed by atoms with Gasteiger partial charge in [0, 0.05) is 5.39 Å². The van der Waals surface area contributed by atoms with Gasteiger partial charge in [0.05, 0.1) is 0 Å². The maximum atomic E-state index is 11.0. The van der Waals surface area contributed by atoms with Gasteiger partial charge in [-0.1, -0.05) is 58.0 Å². The summed E-state index contributed by atoms with van der Waals surface area (Å²) in [5.74, 6) is 1.60. The lowest BCUT2D eigenvalue weighted by Gasteiger charge is -2.18. The van der Waals surface area contributed by atoms with Crippen molar-refractivity contribution in [3.8, 4) is 5.75 Å². The van der Waals surface area contributed by atoms with Crippen LogP contribution in [0.2, 0.25) is 0 Å². The van der Waals surface area contributed by atoms with Gasteiger partial charge in [-0.3, -0.25) is 0 Å². The largest absolute Gasteiger partial charge is 0.507 e. The number of phenols is 1. The molecule has 0 saturated carbocycles. The first-order chi connectivity index (χ1) is 11.0. The molecule has 3 aromatic carbocycles. The summed E-state index contributed by atoms with van der Waals surface area (Å²) in [7, 11) is 0. The number of hydrogen-bond acceptors (Lipinski definition) is 1. The van der Waals surface area contributed by atoms with E-state index in [2.05, 4.69) is 64.1 Å². The molecule has 1 N–H and O–H groups in total. The quantitative estimate of drug-likeness (QED) is 0.578. The lowest BCUT2D eigenvalue weighted by molar-refractivity contribution is 0.466. The van der Waals surface area contributed by atoms with E-state index >= 15 is 0 Å². The summed E-state index contributed by atoms with van der Waals surface area (Å²) >= 11 is 0. The second kappa shape index (κ2) is 6.23. The Morgan fingerprint density at radius 1 is 0.783 bits per heavy atom. The highest BCUT2D eigenvalue weighted by Gasteiger charge is 2.15. The Bertz CT molecular complexity index is 843. The van der Waals surface area contributed by atoms with E-state index in [-0.39, 0.29) is 0 Å². The number of rotatable bonds is 4. The van der Waals surface area contributed by atoms with Crippen LogP contribution in [0.4, 0.5) is 0 Å². The summed E-state index contributed by atoms with van der Waals surface area (Å²) < 4.78 is 0. The van der Waals surface area contributed by atoms with Gasteiger partial charge < -0.3 is 5.11 Å². The third-order valence-corrected chi connectivity index (χ3v) is 4.42. The average Bonchev–Trinajstić information content (AvgIpc) is 2.49. The van der Waals surface area contributed by atoms with Gasteiger partial charge >= 0.3 is 0 Å². The summed E-state index contributed by atoms with van der Waals surface area (Å²) in [4.78, 5) is 0. The van der Waals surface area contributed by atoms with E-state index in [1.54, 1.807) is 0 Å². The lowest BCUT2D eigenvalue weighted by Crippen LogP contribution is -2.04. The van der Waals surface area contributed by atoms with Crippen LogP contribution in [0.3, 0.4) is 0 Å². The number of phenolic OH excluding ortho intramolecular Hbond substituents is 1. The second-order valence-corrected chi connectivity index (χ2v) is 7.48. The minimum atomic E-state index is 0.484. The molecule has 23 heavy (non-hydrogen) atoms. The van der Waals surface area contributed by atoms with Crippen molar-refractivity contribution < 1.29 is 5.11 Å². The zero-order chi connectivity index (χ0) is 16.6. The van der Waals surface area contributed by atoms with Crippen LogP contribution < -0.4 is 0 Å². The van der Waals surface area contributed by atoms with Crippen molar-refractivity contribution in [3.05, 3.63) is 53.6 Å². The van der Waals surface area contributed by atoms with Gasteiger partial charge in [-0.25, -0.2) is 0 Å². The van der Waals surface area contributed by atoms with Crippen LogP contribution in [0.25, 0.3) is 21.5 Å². The molecule has 0 radical (unpaired) electrons. The molecule has 0 amide bonds. The van der Waals surface area contributed by atoms with Crippen molar-refractivity contribution in [1.82, 2.24) is 0 Å². The molecule has 1 nitrogen and oxygen atoms in total. The second-order valence-electron chi connectivity index (χ2n) is 7.48. The minimum absolute atomic E-state index is 0.484. The molecule has 0 heterocycles.